The van der Waals surface area contributed by atoms with Crippen LogP contribution in [-0.4, -0.2) is 34.8 Å². The van der Waals surface area contributed by atoms with Gasteiger partial charge in [0.25, 0.3) is 0 Å². The molecule has 1 aromatic heterocycles. The Labute approximate surface area is 116 Å². The van der Waals surface area contributed by atoms with Crippen LogP contribution in [-0.2, 0) is 11.2 Å². The number of carbonyl (C=O) groups excluding carboxylic acids is 1. The number of carbonyl (C=O) groups is 1. The van der Waals surface area contributed by atoms with Gasteiger partial charge >= 0.3 is 0 Å². The average Bonchev–Trinajstić information content (AvgIpc) is 2.74. The number of hydrogen-bond donors (Lipinski definition) is 0. The molecule has 0 saturated carbocycles. The largest absolute Gasteiger partial charge is 0.302 e. The molecule has 0 N–H and O–H groups in total. The van der Waals surface area contributed by atoms with E-state index in [9.17, 15) is 4.79 Å². The summed E-state index contributed by atoms with van der Waals surface area (Å²) in [5.41, 5.74) is 1.12. The van der Waals surface area contributed by atoms with Crippen LogP contribution >= 0.6 is 0 Å². The van der Waals surface area contributed by atoms with Crippen LogP contribution < -0.4 is 0 Å². The van der Waals surface area contributed by atoms with Crippen molar-refractivity contribution in [3.05, 3.63) is 30.1 Å². The summed E-state index contributed by atoms with van der Waals surface area (Å²) in [6.07, 6.45) is 5.08. The van der Waals surface area contributed by atoms with Crippen LogP contribution in [0.4, 0.5) is 0 Å². The first kappa shape index (κ1) is 14.2. The van der Waals surface area contributed by atoms with E-state index in [2.05, 4.69) is 36.7 Å². The first-order valence-corrected chi connectivity index (χ1v) is 7.24. The Balaban J connectivity index is 2.13. The zero-order valence-corrected chi connectivity index (χ0v) is 12.1. The van der Waals surface area contributed by atoms with Gasteiger partial charge in [0.1, 0.15) is 6.29 Å². The Morgan fingerprint density at radius 1 is 1.47 bits per heavy atom. The van der Waals surface area contributed by atoms with E-state index < -0.39 is 0 Å². The van der Waals surface area contributed by atoms with Crippen LogP contribution in [0.15, 0.2) is 24.4 Å². The van der Waals surface area contributed by atoms with Crippen LogP contribution in [0.2, 0.25) is 0 Å². The van der Waals surface area contributed by atoms with E-state index in [1.807, 2.05) is 18.3 Å². The summed E-state index contributed by atoms with van der Waals surface area (Å²) in [6.45, 7) is 7.57. The lowest BCUT2D eigenvalue weighted by atomic mass is 9.95. The van der Waals surface area contributed by atoms with Gasteiger partial charge in [-0.2, -0.15) is 0 Å². The standard InChI is InChI=1S/C16H24N2O/c1-12(2)16(11-19)18-9-7-13(3)15(18)10-14-6-4-5-8-17-14/h4-6,8,11-13,15-16H,7,9-10H2,1-3H3. The molecule has 0 radical (unpaired) electrons. The maximum absolute atomic E-state index is 11.4. The van der Waals surface area contributed by atoms with Crippen molar-refractivity contribution >= 4 is 6.29 Å². The van der Waals surface area contributed by atoms with Gasteiger partial charge in [0.05, 0.1) is 6.04 Å². The van der Waals surface area contributed by atoms with Crippen LogP contribution in [0, 0.1) is 11.8 Å². The molecular formula is C16H24N2O. The van der Waals surface area contributed by atoms with Crippen molar-refractivity contribution in [1.29, 1.82) is 0 Å². The van der Waals surface area contributed by atoms with Crippen molar-refractivity contribution in [2.24, 2.45) is 11.8 Å². The molecule has 3 heteroatoms. The Bertz CT molecular complexity index is 404. The van der Waals surface area contributed by atoms with Crippen molar-refractivity contribution in [2.45, 2.75) is 45.7 Å². The van der Waals surface area contributed by atoms with E-state index in [1.165, 1.54) is 6.42 Å². The molecule has 0 bridgehead atoms. The Morgan fingerprint density at radius 2 is 2.26 bits per heavy atom. The molecule has 2 rings (SSSR count). The molecule has 104 valence electrons. The minimum atomic E-state index is 0.0404. The Morgan fingerprint density at radius 3 is 2.84 bits per heavy atom. The van der Waals surface area contributed by atoms with Gasteiger partial charge in [0.2, 0.25) is 0 Å². The second-order valence-electron chi connectivity index (χ2n) is 5.97. The molecule has 0 spiro atoms. The van der Waals surface area contributed by atoms with Crippen LogP contribution in [0.25, 0.3) is 0 Å². The van der Waals surface area contributed by atoms with Gasteiger partial charge in [-0.1, -0.05) is 26.8 Å². The molecule has 2 heterocycles. The van der Waals surface area contributed by atoms with E-state index >= 15 is 0 Å². The first-order valence-electron chi connectivity index (χ1n) is 7.24. The zero-order valence-electron chi connectivity index (χ0n) is 12.1. The summed E-state index contributed by atoms with van der Waals surface area (Å²) in [5, 5.41) is 0. The van der Waals surface area contributed by atoms with Crippen molar-refractivity contribution in [3.63, 3.8) is 0 Å². The lowest BCUT2D eigenvalue weighted by Gasteiger charge is -2.33. The third-order valence-electron chi connectivity index (χ3n) is 4.28. The molecular weight excluding hydrogens is 236 g/mol. The highest BCUT2D eigenvalue weighted by atomic mass is 16.1. The van der Waals surface area contributed by atoms with Crippen molar-refractivity contribution in [2.75, 3.05) is 6.54 Å². The number of nitrogens with zero attached hydrogens (tertiary/aromatic N) is 2. The summed E-state index contributed by atoms with van der Waals surface area (Å²) >= 11 is 0. The molecule has 3 unspecified atom stereocenters. The van der Waals surface area contributed by atoms with Crippen LogP contribution in [0.3, 0.4) is 0 Å². The van der Waals surface area contributed by atoms with E-state index in [4.69, 9.17) is 0 Å². The minimum absolute atomic E-state index is 0.0404. The predicted octanol–water partition coefficient (Wildman–Crippen LogP) is 2.56. The second kappa shape index (κ2) is 6.29. The summed E-state index contributed by atoms with van der Waals surface area (Å²) < 4.78 is 0. The molecule has 1 aliphatic heterocycles. The predicted molar refractivity (Wildman–Crippen MR) is 76.9 cm³/mol. The maximum atomic E-state index is 11.4. The molecule has 3 atom stereocenters. The van der Waals surface area contributed by atoms with Crippen molar-refractivity contribution in [3.8, 4) is 0 Å². The van der Waals surface area contributed by atoms with Gasteiger partial charge < -0.3 is 4.79 Å². The second-order valence-corrected chi connectivity index (χ2v) is 5.97. The zero-order chi connectivity index (χ0) is 13.8. The third kappa shape index (κ3) is 3.21. The van der Waals surface area contributed by atoms with Crippen LogP contribution in [0.1, 0.15) is 32.9 Å². The summed E-state index contributed by atoms with van der Waals surface area (Å²) in [6, 6.07) is 6.54. The lowest BCUT2D eigenvalue weighted by Crippen LogP contribution is -2.45. The summed E-state index contributed by atoms with van der Waals surface area (Å²) in [4.78, 5) is 18.2. The van der Waals surface area contributed by atoms with Crippen molar-refractivity contribution in [1.82, 2.24) is 9.88 Å². The van der Waals surface area contributed by atoms with Crippen molar-refractivity contribution < 1.29 is 4.79 Å². The summed E-state index contributed by atoms with van der Waals surface area (Å²) in [5.74, 6) is 0.997. The number of rotatable bonds is 5. The van der Waals surface area contributed by atoms with Gasteiger partial charge in [-0.15, -0.1) is 0 Å². The van der Waals surface area contributed by atoms with E-state index in [1.54, 1.807) is 0 Å². The minimum Gasteiger partial charge on any atom is -0.302 e. The molecule has 19 heavy (non-hydrogen) atoms. The molecule has 1 saturated heterocycles. The topological polar surface area (TPSA) is 33.2 Å². The fourth-order valence-corrected chi connectivity index (χ4v) is 3.08. The molecule has 0 aliphatic carbocycles. The van der Waals surface area contributed by atoms with Gasteiger partial charge in [-0.25, -0.2) is 0 Å². The highest BCUT2D eigenvalue weighted by Gasteiger charge is 2.36. The molecule has 0 amide bonds. The fourth-order valence-electron chi connectivity index (χ4n) is 3.08. The average molecular weight is 260 g/mol. The smallest absolute Gasteiger partial charge is 0.137 e. The number of aldehydes is 1. The Hall–Kier alpha value is -1.22. The quantitative estimate of drug-likeness (QED) is 0.763. The van der Waals surface area contributed by atoms with E-state index in [0.717, 1.165) is 24.9 Å². The highest BCUT2D eigenvalue weighted by Crippen LogP contribution is 2.29. The molecule has 3 nitrogen and oxygen atoms in total. The number of hydrogen-bond acceptors (Lipinski definition) is 3. The molecule has 0 aromatic carbocycles. The normalized spacial score (nSPS) is 25.7. The molecule has 1 fully saturated rings. The maximum Gasteiger partial charge on any atom is 0.137 e. The van der Waals surface area contributed by atoms with Gasteiger partial charge in [-0.05, 0) is 36.9 Å². The van der Waals surface area contributed by atoms with E-state index in [-0.39, 0.29) is 6.04 Å². The fraction of sp³-hybridized carbons (Fsp3) is 0.625. The van der Waals surface area contributed by atoms with Crippen LogP contribution in [0.5, 0.6) is 0 Å². The highest BCUT2D eigenvalue weighted by molar-refractivity contribution is 5.58. The lowest BCUT2D eigenvalue weighted by molar-refractivity contribution is -0.114. The monoisotopic (exact) mass is 260 g/mol. The number of likely N-dealkylation sites (tertiary alicyclic amines) is 1. The Kier molecular flexibility index (Phi) is 4.70. The number of aromatic nitrogens is 1. The van der Waals surface area contributed by atoms with E-state index in [0.29, 0.717) is 17.9 Å². The van der Waals surface area contributed by atoms with Gasteiger partial charge in [0, 0.05) is 24.4 Å². The third-order valence-corrected chi connectivity index (χ3v) is 4.28. The number of pyridine rings is 1. The first-order chi connectivity index (χ1) is 9.13. The van der Waals surface area contributed by atoms with Gasteiger partial charge in [0.15, 0.2) is 0 Å². The molecule has 1 aromatic rings. The summed E-state index contributed by atoms with van der Waals surface area (Å²) in [7, 11) is 0. The van der Waals surface area contributed by atoms with Gasteiger partial charge in [-0.3, -0.25) is 9.88 Å². The SMILES string of the molecule is CC(C)C(C=O)N1CCC(C)C1Cc1ccccn1. The molecule has 1 aliphatic rings.